The summed E-state index contributed by atoms with van der Waals surface area (Å²) in [5.74, 6) is 1.37. The molecular formula is C14H18NO2P. The Balaban J connectivity index is 2.45. The third-order valence-electron chi connectivity index (χ3n) is 3.21. The first-order chi connectivity index (χ1) is 8.59. The highest BCUT2D eigenvalue weighted by atomic mass is 31.2. The topological polar surface area (TPSA) is 43.1 Å². The molecule has 0 aliphatic rings. The summed E-state index contributed by atoms with van der Waals surface area (Å²) in [5.41, 5.74) is 0.891. The average Bonchev–Trinajstić information content (AvgIpc) is 2.85. The molecule has 0 fully saturated rings. The van der Waals surface area contributed by atoms with E-state index in [1.807, 2.05) is 45.0 Å². The van der Waals surface area contributed by atoms with E-state index in [2.05, 4.69) is 4.98 Å². The Morgan fingerprint density at radius 3 is 2.56 bits per heavy atom. The summed E-state index contributed by atoms with van der Waals surface area (Å²) in [6, 6.07) is 7.73. The van der Waals surface area contributed by atoms with Gasteiger partial charge in [-0.3, -0.25) is 0 Å². The van der Waals surface area contributed by atoms with Gasteiger partial charge in [0, 0.05) is 23.2 Å². The van der Waals surface area contributed by atoms with Crippen LogP contribution in [0.25, 0.3) is 11.5 Å². The number of hydrogen-bond donors (Lipinski definition) is 0. The largest absolute Gasteiger partial charge is 0.441 e. The van der Waals surface area contributed by atoms with Crippen molar-refractivity contribution in [2.75, 3.05) is 12.3 Å². The Kier molecular flexibility index (Phi) is 3.72. The molecule has 0 radical (unpaired) electrons. The van der Waals surface area contributed by atoms with Gasteiger partial charge in [-0.2, -0.15) is 0 Å². The molecular weight excluding hydrogens is 245 g/mol. The minimum atomic E-state index is -2.24. The van der Waals surface area contributed by atoms with E-state index >= 15 is 0 Å². The first-order valence-corrected chi connectivity index (χ1v) is 8.28. The smallest absolute Gasteiger partial charge is 0.226 e. The maximum Gasteiger partial charge on any atom is 0.226 e. The van der Waals surface area contributed by atoms with Gasteiger partial charge < -0.3 is 8.98 Å². The van der Waals surface area contributed by atoms with Crippen LogP contribution in [-0.2, 0) is 4.57 Å². The zero-order valence-corrected chi connectivity index (χ0v) is 11.9. The van der Waals surface area contributed by atoms with Gasteiger partial charge >= 0.3 is 0 Å². The highest BCUT2D eigenvalue weighted by Gasteiger charge is 2.20. The minimum Gasteiger partial charge on any atom is -0.441 e. The Labute approximate surface area is 108 Å². The van der Waals surface area contributed by atoms with Crippen molar-refractivity contribution in [3.63, 3.8) is 0 Å². The maximum absolute atomic E-state index is 12.7. The monoisotopic (exact) mass is 263 g/mol. The predicted molar refractivity (Wildman–Crippen MR) is 75.0 cm³/mol. The highest BCUT2D eigenvalue weighted by molar-refractivity contribution is 7.71. The molecule has 0 aliphatic carbocycles. The van der Waals surface area contributed by atoms with Crippen LogP contribution in [0.5, 0.6) is 0 Å². The summed E-state index contributed by atoms with van der Waals surface area (Å²) in [6.07, 6.45) is 3.08. The fourth-order valence-corrected chi connectivity index (χ4v) is 3.88. The summed E-state index contributed by atoms with van der Waals surface area (Å²) in [7, 11) is -2.24. The Morgan fingerprint density at radius 2 is 2.00 bits per heavy atom. The van der Waals surface area contributed by atoms with Gasteiger partial charge in [-0.05, 0) is 19.1 Å². The zero-order chi connectivity index (χ0) is 13.2. The van der Waals surface area contributed by atoms with Crippen LogP contribution in [0, 0.1) is 6.92 Å². The average molecular weight is 263 g/mol. The molecule has 0 N–H and O–H groups in total. The summed E-state index contributed by atoms with van der Waals surface area (Å²) >= 11 is 0. The summed E-state index contributed by atoms with van der Waals surface area (Å²) < 4.78 is 18.2. The molecule has 1 aromatic carbocycles. The number of nitrogens with zero attached hydrogens (tertiary/aromatic N) is 1. The van der Waals surface area contributed by atoms with Gasteiger partial charge in [0.1, 0.15) is 12.9 Å². The molecule has 2 aromatic rings. The van der Waals surface area contributed by atoms with Gasteiger partial charge in [0.05, 0.1) is 6.20 Å². The maximum atomic E-state index is 12.7. The van der Waals surface area contributed by atoms with Gasteiger partial charge in [-0.1, -0.05) is 26.0 Å². The van der Waals surface area contributed by atoms with E-state index in [1.165, 1.54) is 0 Å². The number of oxazole rings is 1. The van der Waals surface area contributed by atoms with Crippen molar-refractivity contribution in [1.29, 1.82) is 0 Å². The van der Waals surface area contributed by atoms with Crippen molar-refractivity contribution in [3.8, 4) is 11.5 Å². The van der Waals surface area contributed by atoms with Crippen LogP contribution in [0.4, 0.5) is 0 Å². The van der Waals surface area contributed by atoms with E-state index in [-0.39, 0.29) is 0 Å². The number of hydrogen-bond acceptors (Lipinski definition) is 3. The standard InChI is InChI=1S/C14H18NO2P/c1-4-18(16,5-2)13-8-6-7-12(9-13)14-15-10-11(3)17-14/h6-10H,4-5H2,1-3H3. The second-order valence-electron chi connectivity index (χ2n) is 4.35. The van der Waals surface area contributed by atoms with Crippen LogP contribution in [0.3, 0.4) is 0 Å². The van der Waals surface area contributed by atoms with Crippen LogP contribution < -0.4 is 5.30 Å². The molecule has 1 aromatic heterocycles. The van der Waals surface area contributed by atoms with E-state index in [9.17, 15) is 4.57 Å². The first kappa shape index (κ1) is 13.1. The molecule has 0 bridgehead atoms. The first-order valence-electron chi connectivity index (χ1n) is 6.20. The Hall–Kier alpha value is -1.34. The second-order valence-corrected chi connectivity index (χ2v) is 7.91. The number of aromatic nitrogens is 1. The predicted octanol–water partition coefficient (Wildman–Crippen LogP) is 3.68. The molecule has 0 amide bonds. The molecule has 96 valence electrons. The van der Waals surface area contributed by atoms with E-state index in [1.54, 1.807) is 6.20 Å². The van der Waals surface area contributed by atoms with Crippen LogP contribution in [0.2, 0.25) is 0 Å². The van der Waals surface area contributed by atoms with Crippen molar-refractivity contribution in [1.82, 2.24) is 4.98 Å². The van der Waals surface area contributed by atoms with Gasteiger partial charge in [0.15, 0.2) is 0 Å². The molecule has 18 heavy (non-hydrogen) atoms. The van der Waals surface area contributed by atoms with Crippen molar-refractivity contribution in [3.05, 3.63) is 36.2 Å². The minimum absolute atomic E-state index is 0.591. The van der Waals surface area contributed by atoms with E-state index in [0.717, 1.165) is 16.6 Å². The van der Waals surface area contributed by atoms with E-state index in [0.29, 0.717) is 18.2 Å². The molecule has 0 saturated heterocycles. The summed E-state index contributed by atoms with van der Waals surface area (Å²) in [6.45, 7) is 5.82. The number of rotatable bonds is 4. The molecule has 1 heterocycles. The third kappa shape index (κ3) is 2.41. The van der Waals surface area contributed by atoms with Gasteiger partial charge in [0.2, 0.25) is 5.89 Å². The van der Waals surface area contributed by atoms with Gasteiger partial charge in [-0.25, -0.2) is 4.98 Å². The van der Waals surface area contributed by atoms with E-state index < -0.39 is 7.14 Å². The quantitative estimate of drug-likeness (QED) is 0.790. The fourth-order valence-electron chi connectivity index (χ4n) is 1.97. The highest BCUT2D eigenvalue weighted by Crippen LogP contribution is 2.43. The lowest BCUT2D eigenvalue weighted by Crippen LogP contribution is -2.08. The lowest BCUT2D eigenvalue weighted by molar-refractivity contribution is 0.542. The van der Waals surface area contributed by atoms with E-state index in [4.69, 9.17) is 4.42 Å². The molecule has 3 nitrogen and oxygen atoms in total. The lowest BCUT2D eigenvalue weighted by Gasteiger charge is -2.14. The Bertz CT molecular complexity index is 581. The summed E-state index contributed by atoms with van der Waals surface area (Å²) in [5, 5.41) is 0.917. The van der Waals surface area contributed by atoms with Crippen LogP contribution >= 0.6 is 7.14 Å². The van der Waals surface area contributed by atoms with Crippen LogP contribution in [0.1, 0.15) is 19.6 Å². The van der Waals surface area contributed by atoms with Gasteiger partial charge in [-0.15, -0.1) is 0 Å². The zero-order valence-electron chi connectivity index (χ0n) is 11.0. The second kappa shape index (κ2) is 5.11. The molecule has 0 aliphatic heterocycles. The molecule has 0 unspecified atom stereocenters. The SMILES string of the molecule is CCP(=O)(CC)c1cccc(-c2ncc(C)o2)c1. The Morgan fingerprint density at radius 1 is 1.28 bits per heavy atom. The van der Waals surface area contributed by atoms with Crippen molar-refractivity contribution >= 4 is 12.4 Å². The van der Waals surface area contributed by atoms with Crippen LogP contribution in [-0.4, -0.2) is 17.3 Å². The molecule has 0 spiro atoms. The normalized spacial score (nSPS) is 11.7. The fraction of sp³-hybridized carbons (Fsp3) is 0.357. The van der Waals surface area contributed by atoms with Crippen LogP contribution in [0.15, 0.2) is 34.9 Å². The molecule has 2 rings (SSSR count). The van der Waals surface area contributed by atoms with Crippen molar-refractivity contribution in [2.45, 2.75) is 20.8 Å². The van der Waals surface area contributed by atoms with Gasteiger partial charge in [0.25, 0.3) is 0 Å². The molecule has 0 saturated carbocycles. The lowest BCUT2D eigenvalue weighted by atomic mass is 10.2. The number of benzene rings is 1. The molecule has 0 atom stereocenters. The molecule has 4 heteroatoms. The number of aryl methyl sites for hydroxylation is 1. The summed E-state index contributed by atoms with van der Waals surface area (Å²) in [4.78, 5) is 4.20. The van der Waals surface area contributed by atoms with Crippen molar-refractivity contribution in [2.24, 2.45) is 0 Å². The third-order valence-corrected chi connectivity index (χ3v) is 6.47. The van der Waals surface area contributed by atoms with Crippen molar-refractivity contribution < 1.29 is 8.98 Å².